The lowest BCUT2D eigenvalue weighted by molar-refractivity contribution is -0.156. The molecule has 1 atom stereocenters. The Labute approximate surface area is 179 Å². The smallest absolute Gasteiger partial charge is 0.345 e. The highest BCUT2D eigenvalue weighted by atomic mass is 19.1. The van der Waals surface area contributed by atoms with Crippen LogP contribution in [0.2, 0.25) is 0 Å². The maximum atomic E-state index is 13.1. The van der Waals surface area contributed by atoms with Gasteiger partial charge in [0.1, 0.15) is 17.3 Å². The zero-order valence-electron chi connectivity index (χ0n) is 16.9. The summed E-state index contributed by atoms with van der Waals surface area (Å²) in [5.41, 5.74) is 0.880. The zero-order valence-corrected chi connectivity index (χ0v) is 16.9. The first kappa shape index (κ1) is 21.8. The number of hydrogen-bond donors (Lipinski definition) is 1. The van der Waals surface area contributed by atoms with E-state index in [1.807, 2.05) is 6.92 Å². The fraction of sp³-hybridized carbons (Fsp3) is 0.167. The highest BCUT2D eigenvalue weighted by molar-refractivity contribution is 5.96. The van der Waals surface area contributed by atoms with E-state index < -0.39 is 23.8 Å². The van der Waals surface area contributed by atoms with Crippen LogP contribution in [0, 0.1) is 5.82 Å². The molecule has 3 aromatic rings. The predicted molar refractivity (Wildman–Crippen MR) is 113 cm³/mol. The molecule has 1 N–H and O–H groups in total. The van der Waals surface area contributed by atoms with Crippen molar-refractivity contribution in [1.82, 2.24) is 0 Å². The van der Waals surface area contributed by atoms with Gasteiger partial charge in [-0.15, -0.1) is 0 Å². The zero-order chi connectivity index (χ0) is 22.1. The van der Waals surface area contributed by atoms with E-state index in [0.717, 1.165) is 0 Å². The lowest BCUT2D eigenvalue weighted by Gasteiger charge is -2.18. The molecular formula is C24H22FNO5. The van der Waals surface area contributed by atoms with Crippen molar-refractivity contribution in [3.8, 4) is 11.5 Å². The quantitative estimate of drug-likeness (QED) is 0.512. The van der Waals surface area contributed by atoms with Crippen molar-refractivity contribution in [3.05, 3.63) is 90.2 Å². The first-order chi connectivity index (χ1) is 15.0. The summed E-state index contributed by atoms with van der Waals surface area (Å²) in [6, 6.07) is 20.7. The third-order valence-electron chi connectivity index (χ3n) is 4.19. The van der Waals surface area contributed by atoms with Crippen LogP contribution in [0.4, 0.5) is 10.1 Å². The van der Waals surface area contributed by atoms with Crippen LogP contribution in [0.15, 0.2) is 78.9 Å². The van der Waals surface area contributed by atoms with Gasteiger partial charge in [0, 0.05) is 11.3 Å². The van der Waals surface area contributed by atoms with Gasteiger partial charge in [-0.1, -0.05) is 30.3 Å². The monoisotopic (exact) mass is 423 g/mol. The van der Waals surface area contributed by atoms with Gasteiger partial charge in [0.2, 0.25) is 6.10 Å². The number of anilines is 1. The Morgan fingerprint density at radius 2 is 1.48 bits per heavy atom. The largest absolute Gasteiger partial charge is 0.494 e. The first-order valence-corrected chi connectivity index (χ1v) is 9.71. The third-order valence-corrected chi connectivity index (χ3v) is 4.19. The lowest BCUT2D eigenvalue weighted by atomic mass is 10.1. The number of benzene rings is 3. The van der Waals surface area contributed by atoms with Gasteiger partial charge in [-0.2, -0.15) is 0 Å². The van der Waals surface area contributed by atoms with Crippen LogP contribution < -0.4 is 14.8 Å². The van der Waals surface area contributed by atoms with Gasteiger partial charge in [-0.25, -0.2) is 9.18 Å². The minimum atomic E-state index is -1.19. The van der Waals surface area contributed by atoms with Crippen LogP contribution in [0.1, 0.15) is 18.6 Å². The van der Waals surface area contributed by atoms with Crippen molar-refractivity contribution in [2.75, 3.05) is 18.5 Å². The Balaban J connectivity index is 1.64. The van der Waals surface area contributed by atoms with Crippen LogP contribution in [-0.4, -0.2) is 25.1 Å². The van der Waals surface area contributed by atoms with Crippen molar-refractivity contribution in [1.29, 1.82) is 0 Å². The molecule has 0 aromatic heterocycles. The number of nitrogens with one attached hydrogen (secondary N) is 1. The van der Waals surface area contributed by atoms with Gasteiger partial charge < -0.3 is 19.5 Å². The second-order valence-electron chi connectivity index (χ2n) is 6.47. The number of amides is 1. The molecule has 7 heteroatoms. The number of ether oxygens (including phenoxy) is 3. The van der Waals surface area contributed by atoms with E-state index in [0.29, 0.717) is 29.4 Å². The molecule has 1 amide bonds. The van der Waals surface area contributed by atoms with Crippen LogP contribution >= 0.6 is 0 Å². The Hall–Kier alpha value is -3.87. The molecule has 0 aliphatic carbocycles. The third kappa shape index (κ3) is 6.57. The Kier molecular flexibility index (Phi) is 7.59. The second kappa shape index (κ2) is 10.8. The molecule has 0 heterocycles. The van der Waals surface area contributed by atoms with Crippen molar-refractivity contribution >= 4 is 17.6 Å². The van der Waals surface area contributed by atoms with Gasteiger partial charge in [0.15, 0.2) is 6.61 Å². The summed E-state index contributed by atoms with van der Waals surface area (Å²) in [5.74, 6) is -0.536. The van der Waals surface area contributed by atoms with Crippen molar-refractivity contribution in [2.45, 2.75) is 13.0 Å². The molecule has 0 fully saturated rings. The SMILES string of the molecule is CCOc1ccc(OCC(=O)OC(C(=O)Nc2ccc(F)cc2)c2ccccc2)cc1. The predicted octanol–water partition coefficient (Wildman–Crippen LogP) is 4.53. The minimum Gasteiger partial charge on any atom is -0.494 e. The number of carbonyl (C=O) groups excluding carboxylic acids is 2. The summed E-state index contributed by atoms with van der Waals surface area (Å²) in [4.78, 5) is 25.1. The standard InChI is InChI=1S/C24H22FNO5/c1-2-29-20-12-14-21(15-13-20)30-16-22(27)31-23(17-6-4-3-5-7-17)24(28)26-19-10-8-18(25)9-11-19/h3-15,23H,2,16H2,1H3,(H,26,28). The molecule has 0 saturated heterocycles. The van der Waals surface area contributed by atoms with E-state index in [-0.39, 0.29) is 6.61 Å². The van der Waals surface area contributed by atoms with E-state index in [1.54, 1.807) is 54.6 Å². The van der Waals surface area contributed by atoms with Gasteiger partial charge in [-0.05, 0) is 55.5 Å². The molecule has 0 radical (unpaired) electrons. The number of carbonyl (C=O) groups is 2. The van der Waals surface area contributed by atoms with Crippen LogP contribution in [0.3, 0.4) is 0 Å². The topological polar surface area (TPSA) is 73.9 Å². The average molecular weight is 423 g/mol. The fourth-order valence-corrected chi connectivity index (χ4v) is 2.75. The minimum absolute atomic E-state index is 0.374. The molecule has 6 nitrogen and oxygen atoms in total. The van der Waals surface area contributed by atoms with Crippen LogP contribution in [-0.2, 0) is 14.3 Å². The number of rotatable bonds is 9. The molecule has 3 aromatic carbocycles. The maximum absolute atomic E-state index is 13.1. The highest BCUT2D eigenvalue weighted by Gasteiger charge is 2.25. The van der Waals surface area contributed by atoms with Crippen molar-refractivity contribution in [3.63, 3.8) is 0 Å². The molecular weight excluding hydrogens is 401 g/mol. The molecule has 0 saturated carbocycles. The fourth-order valence-electron chi connectivity index (χ4n) is 2.75. The molecule has 0 aliphatic rings. The van der Waals surface area contributed by atoms with Gasteiger partial charge in [0.25, 0.3) is 5.91 Å². The average Bonchev–Trinajstić information content (AvgIpc) is 2.79. The highest BCUT2D eigenvalue weighted by Crippen LogP contribution is 2.21. The Bertz CT molecular complexity index is 991. The van der Waals surface area contributed by atoms with Gasteiger partial charge in [0.05, 0.1) is 6.61 Å². The van der Waals surface area contributed by atoms with Crippen molar-refractivity contribution in [2.24, 2.45) is 0 Å². The molecule has 160 valence electrons. The summed E-state index contributed by atoms with van der Waals surface area (Å²) in [5, 5.41) is 2.63. The van der Waals surface area contributed by atoms with Crippen LogP contribution in [0.25, 0.3) is 0 Å². The van der Waals surface area contributed by atoms with E-state index in [9.17, 15) is 14.0 Å². The summed E-state index contributed by atoms with van der Waals surface area (Å²) in [6.07, 6.45) is -1.19. The normalized spacial score (nSPS) is 11.3. The van der Waals surface area contributed by atoms with E-state index in [4.69, 9.17) is 14.2 Å². The van der Waals surface area contributed by atoms with Crippen molar-refractivity contribution < 1.29 is 28.2 Å². The lowest BCUT2D eigenvalue weighted by Crippen LogP contribution is -2.28. The molecule has 1 unspecified atom stereocenters. The first-order valence-electron chi connectivity index (χ1n) is 9.71. The molecule has 3 rings (SSSR count). The molecule has 0 spiro atoms. The van der Waals surface area contributed by atoms with Gasteiger partial charge >= 0.3 is 5.97 Å². The Morgan fingerprint density at radius 3 is 2.10 bits per heavy atom. The molecule has 31 heavy (non-hydrogen) atoms. The number of halogens is 1. The van der Waals surface area contributed by atoms with E-state index in [2.05, 4.69) is 5.32 Å². The summed E-state index contributed by atoms with van der Waals surface area (Å²) >= 11 is 0. The summed E-state index contributed by atoms with van der Waals surface area (Å²) in [6.45, 7) is 2.06. The number of hydrogen-bond acceptors (Lipinski definition) is 5. The van der Waals surface area contributed by atoms with E-state index >= 15 is 0 Å². The molecule has 0 aliphatic heterocycles. The van der Waals surface area contributed by atoms with Crippen LogP contribution in [0.5, 0.6) is 11.5 Å². The summed E-state index contributed by atoms with van der Waals surface area (Å²) in [7, 11) is 0. The molecule has 0 bridgehead atoms. The second-order valence-corrected chi connectivity index (χ2v) is 6.47. The van der Waals surface area contributed by atoms with E-state index in [1.165, 1.54) is 24.3 Å². The van der Waals surface area contributed by atoms with Gasteiger partial charge in [-0.3, -0.25) is 4.79 Å². The maximum Gasteiger partial charge on any atom is 0.345 e. The number of esters is 1. The summed E-state index contributed by atoms with van der Waals surface area (Å²) < 4.78 is 29.3. The Morgan fingerprint density at radius 1 is 0.871 bits per heavy atom.